The highest BCUT2D eigenvalue weighted by molar-refractivity contribution is 5.84. The van der Waals surface area contributed by atoms with Crippen LogP contribution in [-0.4, -0.2) is 4.98 Å². The lowest BCUT2D eigenvalue weighted by molar-refractivity contribution is -0.361. The minimum atomic E-state index is -0.234. The molecule has 0 aliphatic carbocycles. The van der Waals surface area contributed by atoms with Gasteiger partial charge in [0.2, 0.25) is 0 Å². The van der Waals surface area contributed by atoms with E-state index in [1.54, 1.807) is 0 Å². The molecule has 0 aliphatic rings. The molecule has 0 radical (unpaired) electrons. The van der Waals surface area contributed by atoms with E-state index in [1.165, 1.54) is 12.1 Å². The molecular weight excluding hydrogens is 301 g/mol. The number of pyridine rings is 1. The van der Waals surface area contributed by atoms with Crippen molar-refractivity contribution in [2.45, 2.75) is 6.04 Å². The first kappa shape index (κ1) is 14.5. The van der Waals surface area contributed by atoms with E-state index in [4.69, 9.17) is 0 Å². The maximum Gasteiger partial charge on any atom is 0.272 e. The SMILES string of the molecule is Fc1ccc(C(Nc2cccc[nH+]2)c2c[nH]c3ccccc23)cc1. The first-order valence-corrected chi connectivity index (χ1v) is 7.86. The number of aromatic nitrogens is 2. The highest BCUT2D eigenvalue weighted by Crippen LogP contribution is 2.31. The van der Waals surface area contributed by atoms with Gasteiger partial charge < -0.3 is 4.98 Å². The molecule has 3 N–H and O–H groups in total. The van der Waals surface area contributed by atoms with Gasteiger partial charge in [0.1, 0.15) is 11.9 Å². The van der Waals surface area contributed by atoms with Crippen LogP contribution in [0, 0.1) is 5.82 Å². The van der Waals surface area contributed by atoms with Crippen LogP contribution < -0.4 is 10.3 Å². The van der Waals surface area contributed by atoms with Crippen LogP contribution in [0.2, 0.25) is 0 Å². The minimum absolute atomic E-state index is 0.0969. The van der Waals surface area contributed by atoms with E-state index in [0.29, 0.717) is 0 Å². The maximum atomic E-state index is 13.3. The van der Waals surface area contributed by atoms with E-state index in [-0.39, 0.29) is 11.9 Å². The number of H-pyrrole nitrogens is 2. The zero-order valence-electron chi connectivity index (χ0n) is 13.0. The van der Waals surface area contributed by atoms with Gasteiger partial charge in [0, 0.05) is 34.3 Å². The third-order valence-corrected chi connectivity index (χ3v) is 4.14. The third-order valence-electron chi connectivity index (χ3n) is 4.14. The van der Waals surface area contributed by atoms with Gasteiger partial charge in [-0.2, -0.15) is 0 Å². The minimum Gasteiger partial charge on any atom is -0.361 e. The number of nitrogens with one attached hydrogen (secondary N) is 3. The molecule has 0 spiro atoms. The van der Waals surface area contributed by atoms with E-state index in [1.807, 2.05) is 54.9 Å². The summed E-state index contributed by atoms with van der Waals surface area (Å²) in [6, 6.07) is 20.6. The first-order chi connectivity index (χ1) is 11.8. The summed E-state index contributed by atoms with van der Waals surface area (Å²) in [5.41, 5.74) is 3.20. The Morgan fingerprint density at radius 3 is 2.50 bits per heavy atom. The molecule has 2 aromatic heterocycles. The second kappa shape index (κ2) is 6.16. The molecular formula is C20H17FN3+. The summed E-state index contributed by atoms with van der Waals surface area (Å²) in [4.78, 5) is 6.51. The number of rotatable bonds is 4. The Kier molecular flexibility index (Phi) is 3.71. The zero-order chi connectivity index (χ0) is 16.4. The molecule has 3 nitrogen and oxygen atoms in total. The van der Waals surface area contributed by atoms with Crippen molar-refractivity contribution < 1.29 is 9.37 Å². The topological polar surface area (TPSA) is 42.0 Å². The maximum absolute atomic E-state index is 13.3. The number of anilines is 1. The Labute approximate surface area is 139 Å². The summed E-state index contributed by atoms with van der Waals surface area (Å²) in [5, 5.41) is 4.66. The van der Waals surface area contributed by atoms with Gasteiger partial charge in [-0.25, -0.2) is 9.37 Å². The Hall–Kier alpha value is -3.14. The molecule has 0 bridgehead atoms. The van der Waals surface area contributed by atoms with Crippen molar-refractivity contribution in [3.05, 3.63) is 96.1 Å². The Balaban J connectivity index is 1.82. The van der Waals surface area contributed by atoms with Gasteiger partial charge in [-0.05, 0) is 24.3 Å². The monoisotopic (exact) mass is 318 g/mol. The van der Waals surface area contributed by atoms with Crippen LogP contribution in [0.4, 0.5) is 10.2 Å². The van der Waals surface area contributed by atoms with Crippen molar-refractivity contribution in [2.24, 2.45) is 0 Å². The molecule has 24 heavy (non-hydrogen) atoms. The average molecular weight is 318 g/mol. The van der Waals surface area contributed by atoms with E-state index < -0.39 is 0 Å². The van der Waals surface area contributed by atoms with Gasteiger partial charge in [-0.3, -0.25) is 5.32 Å². The van der Waals surface area contributed by atoms with E-state index in [2.05, 4.69) is 27.4 Å². The largest absolute Gasteiger partial charge is 0.361 e. The molecule has 4 heteroatoms. The molecule has 1 unspecified atom stereocenters. The molecule has 0 saturated carbocycles. The van der Waals surface area contributed by atoms with Crippen molar-refractivity contribution in [3.63, 3.8) is 0 Å². The zero-order valence-corrected chi connectivity index (χ0v) is 13.0. The third kappa shape index (κ3) is 2.74. The molecule has 0 aliphatic heterocycles. The summed E-state index contributed by atoms with van der Waals surface area (Å²) in [6.45, 7) is 0. The fraction of sp³-hybridized carbons (Fsp3) is 0.0500. The van der Waals surface area contributed by atoms with E-state index in [0.717, 1.165) is 27.8 Å². The van der Waals surface area contributed by atoms with Gasteiger partial charge in [-0.1, -0.05) is 36.4 Å². The van der Waals surface area contributed by atoms with Crippen LogP contribution in [0.1, 0.15) is 17.2 Å². The number of para-hydroxylation sites is 1. The molecule has 2 aromatic carbocycles. The molecule has 118 valence electrons. The Morgan fingerprint density at radius 1 is 0.917 bits per heavy atom. The molecule has 1 atom stereocenters. The number of hydrogen-bond donors (Lipinski definition) is 2. The summed E-state index contributed by atoms with van der Waals surface area (Å²) in [5.74, 6) is 0.666. The predicted octanol–water partition coefficient (Wildman–Crippen LogP) is 4.32. The van der Waals surface area contributed by atoms with Crippen LogP contribution in [0.5, 0.6) is 0 Å². The quantitative estimate of drug-likeness (QED) is 0.578. The van der Waals surface area contributed by atoms with Gasteiger partial charge in [0.25, 0.3) is 5.82 Å². The second-order valence-corrected chi connectivity index (χ2v) is 5.69. The van der Waals surface area contributed by atoms with Crippen LogP contribution >= 0.6 is 0 Å². The predicted molar refractivity (Wildman–Crippen MR) is 93.2 cm³/mol. The highest BCUT2D eigenvalue weighted by atomic mass is 19.1. The van der Waals surface area contributed by atoms with Gasteiger partial charge in [-0.15, -0.1) is 0 Å². The molecule has 0 fully saturated rings. The number of fused-ring (bicyclic) bond motifs is 1. The lowest BCUT2D eigenvalue weighted by Crippen LogP contribution is -2.18. The second-order valence-electron chi connectivity index (χ2n) is 5.69. The molecule has 2 heterocycles. The standard InChI is InChI=1S/C20H16FN3/c21-15-10-8-14(9-11-15)20(24-19-7-3-4-12-22-19)17-13-23-18-6-2-1-5-16(17)18/h1-13,20,23H,(H,22,24)/p+1. The molecule has 0 amide bonds. The number of hydrogen-bond acceptors (Lipinski definition) is 1. The van der Waals surface area contributed by atoms with Crippen molar-refractivity contribution in [2.75, 3.05) is 5.32 Å². The summed E-state index contributed by atoms with van der Waals surface area (Å²) in [7, 11) is 0. The van der Waals surface area contributed by atoms with Gasteiger partial charge >= 0.3 is 0 Å². The molecule has 0 saturated heterocycles. The van der Waals surface area contributed by atoms with Gasteiger partial charge in [0.05, 0.1) is 6.20 Å². The fourth-order valence-electron chi connectivity index (χ4n) is 2.97. The lowest BCUT2D eigenvalue weighted by atomic mass is 9.98. The first-order valence-electron chi connectivity index (χ1n) is 7.86. The van der Waals surface area contributed by atoms with Crippen molar-refractivity contribution in [1.82, 2.24) is 4.98 Å². The molecule has 4 aromatic rings. The smallest absolute Gasteiger partial charge is 0.272 e. The highest BCUT2D eigenvalue weighted by Gasteiger charge is 2.22. The number of benzene rings is 2. The van der Waals surface area contributed by atoms with Crippen LogP contribution in [-0.2, 0) is 0 Å². The summed E-state index contributed by atoms with van der Waals surface area (Å²) < 4.78 is 13.3. The number of aromatic amines is 2. The van der Waals surface area contributed by atoms with Crippen molar-refractivity contribution in [3.8, 4) is 0 Å². The van der Waals surface area contributed by atoms with Crippen LogP contribution in [0.15, 0.2) is 79.1 Å². The Bertz CT molecular complexity index is 945. The lowest BCUT2D eigenvalue weighted by Gasteiger charge is -2.14. The average Bonchev–Trinajstić information content (AvgIpc) is 3.05. The molecule has 4 rings (SSSR count). The van der Waals surface area contributed by atoms with Gasteiger partial charge in [0.15, 0.2) is 0 Å². The fourth-order valence-corrected chi connectivity index (χ4v) is 2.97. The van der Waals surface area contributed by atoms with E-state index in [9.17, 15) is 4.39 Å². The summed E-state index contributed by atoms with van der Waals surface area (Å²) >= 11 is 0. The summed E-state index contributed by atoms with van der Waals surface area (Å²) in [6.07, 6.45) is 3.88. The normalized spacial score (nSPS) is 12.2. The Morgan fingerprint density at radius 2 is 1.71 bits per heavy atom. The van der Waals surface area contributed by atoms with Crippen molar-refractivity contribution in [1.29, 1.82) is 0 Å². The van der Waals surface area contributed by atoms with Crippen LogP contribution in [0.25, 0.3) is 10.9 Å². The number of halogens is 1. The van der Waals surface area contributed by atoms with E-state index >= 15 is 0 Å². The van der Waals surface area contributed by atoms with Crippen molar-refractivity contribution >= 4 is 16.7 Å². The van der Waals surface area contributed by atoms with Crippen LogP contribution in [0.3, 0.4) is 0 Å².